The SMILES string of the molecule is CCCCNC(=NCc1nnc(C)n1C)NCCCC(C)C. The molecule has 1 aromatic heterocycles. The van der Waals surface area contributed by atoms with Crippen LogP contribution < -0.4 is 10.6 Å². The van der Waals surface area contributed by atoms with E-state index in [0.717, 1.165) is 49.5 Å². The second kappa shape index (κ2) is 10.2. The number of unbranched alkanes of at least 4 members (excludes halogenated alkanes) is 1. The lowest BCUT2D eigenvalue weighted by Gasteiger charge is -2.13. The molecule has 0 saturated heterocycles. The van der Waals surface area contributed by atoms with Crippen LogP contribution in [0.3, 0.4) is 0 Å². The molecule has 0 aliphatic heterocycles. The Balaban J connectivity index is 2.51. The normalized spacial score (nSPS) is 12.0. The fraction of sp³-hybridized carbons (Fsp3) is 0.812. The molecule has 0 fully saturated rings. The molecule has 22 heavy (non-hydrogen) atoms. The maximum absolute atomic E-state index is 4.63. The van der Waals surface area contributed by atoms with Crippen LogP contribution in [0.1, 0.15) is 58.1 Å². The van der Waals surface area contributed by atoms with Crippen molar-refractivity contribution in [2.45, 2.75) is 59.9 Å². The minimum Gasteiger partial charge on any atom is -0.356 e. The Kier molecular flexibility index (Phi) is 8.55. The summed E-state index contributed by atoms with van der Waals surface area (Å²) in [6, 6.07) is 0. The molecule has 0 aliphatic carbocycles. The van der Waals surface area contributed by atoms with Gasteiger partial charge in [-0.15, -0.1) is 10.2 Å². The average Bonchev–Trinajstić information content (AvgIpc) is 2.80. The van der Waals surface area contributed by atoms with Gasteiger partial charge in [0.2, 0.25) is 0 Å². The predicted molar refractivity (Wildman–Crippen MR) is 91.9 cm³/mol. The van der Waals surface area contributed by atoms with Crippen molar-refractivity contribution >= 4 is 5.96 Å². The monoisotopic (exact) mass is 308 g/mol. The third-order valence-corrected chi connectivity index (χ3v) is 3.63. The number of nitrogens with zero attached hydrogens (tertiary/aromatic N) is 4. The Morgan fingerprint density at radius 2 is 1.86 bits per heavy atom. The molecule has 1 heterocycles. The van der Waals surface area contributed by atoms with Crippen LogP contribution in [0.5, 0.6) is 0 Å². The van der Waals surface area contributed by atoms with Crippen LogP contribution in [0.15, 0.2) is 4.99 Å². The fourth-order valence-electron chi connectivity index (χ4n) is 2.01. The van der Waals surface area contributed by atoms with E-state index in [-0.39, 0.29) is 0 Å². The van der Waals surface area contributed by atoms with Crippen molar-refractivity contribution in [3.8, 4) is 0 Å². The molecule has 0 bridgehead atoms. The summed E-state index contributed by atoms with van der Waals surface area (Å²) in [4.78, 5) is 4.63. The van der Waals surface area contributed by atoms with Gasteiger partial charge in [0.15, 0.2) is 11.8 Å². The Morgan fingerprint density at radius 1 is 1.18 bits per heavy atom. The molecule has 0 atom stereocenters. The summed E-state index contributed by atoms with van der Waals surface area (Å²) in [7, 11) is 1.97. The number of aliphatic imine (C=N–C) groups is 1. The van der Waals surface area contributed by atoms with Crippen LogP contribution in [-0.2, 0) is 13.6 Å². The number of aromatic nitrogens is 3. The summed E-state index contributed by atoms with van der Waals surface area (Å²) in [6.07, 6.45) is 4.72. The molecule has 6 heteroatoms. The summed E-state index contributed by atoms with van der Waals surface area (Å²) in [6.45, 7) is 11.1. The van der Waals surface area contributed by atoms with E-state index < -0.39 is 0 Å². The molecule has 2 N–H and O–H groups in total. The number of aryl methyl sites for hydroxylation is 1. The average molecular weight is 308 g/mol. The molecule has 126 valence electrons. The first kappa shape index (κ1) is 18.5. The predicted octanol–water partition coefficient (Wildman–Crippen LogP) is 2.40. The quantitative estimate of drug-likeness (QED) is 0.417. The van der Waals surface area contributed by atoms with Gasteiger partial charge >= 0.3 is 0 Å². The molecule has 0 unspecified atom stereocenters. The minimum atomic E-state index is 0.545. The summed E-state index contributed by atoms with van der Waals surface area (Å²) in [5.41, 5.74) is 0. The van der Waals surface area contributed by atoms with E-state index in [0.29, 0.717) is 6.54 Å². The third-order valence-electron chi connectivity index (χ3n) is 3.63. The van der Waals surface area contributed by atoms with E-state index in [1.54, 1.807) is 0 Å². The number of hydrogen-bond acceptors (Lipinski definition) is 3. The second-order valence-corrected chi connectivity index (χ2v) is 6.13. The van der Waals surface area contributed by atoms with Gasteiger partial charge in [0, 0.05) is 20.1 Å². The zero-order valence-corrected chi connectivity index (χ0v) is 14.8. The standard InChI is InChI=1S/C16H32N6/c1-6-7-10-17-16(18-11-8-9-13(2)3)19-12-15-21-20-14(4)22(15)5/h13H,6-12H2,1-5H3,(H2,17,18,19). The first-order chi connectivity index (χ1) is 10.5. The van der Waals surface area contributed by atoms with Gasteiger partial charge in [-0.3, -0.25) is 0 Å². The highest BCUT2D eigenvalue weighted by Gasteiger charge is 2.05. The lowest BCUT2D eigenvalue weighted by atomic mass is 10.1. The summed E-state index contributed by atoms with van der Waals surface area (Å²) >= 11 is 0. The van der Waals surface area contributed by atoms with Crippen molar-refractivity contribution < 1.29 is 0 Å². The van der Waals surface area contributed by atoms with Gasteiger partial charge in [-0.05, 0) is 32.1 Å². The Bertz CT molecular complexity index is 449. The maximum atomic E-state index is 4.63. The van der Waals surface area contributed by atoms with Gasteiger partial charge < -0.3 is 15.2 Å². The van der Waals surface area contributed by atoms with E-state index in [2.05, 4.69) is 46.6 Å². The molecule has 0 aliphatic rings. The van der Waals surface area contributed by atoms with Crippen molar-refractivity contribution in [1.29, 1.82) is 0 Å². The molecule has 0 saturated carbocycles. The zero-order valence-electron chi connectivity index (χ0n) is 14.8. The van der Waals surface area contributed by atoms with Crippen LogP contribution in [0.4, 0.5) is 0 Å². The highest BCUT2D eigenvalue weighted by atomic mass is 15.3. The number of hydrogen-bond donors (Lipinski definition) is 2. The van der Waals surface area contributed by atoms with E-state index >= 15 is 0 Å². The number of nitrogens with one attached hydrogen (secondary N) is 2. The molecule has 1 rings (SSSR count). The highest BCUT2D eigenvalue weighted by Crippen LogP contribution is 2.02. The van der Waals surface area contributed by atoms with E-state index in [4.69, 9.17) is 0 Å². The smallest absolute Gasteiger partial charge is 0.191 e. The molecule has 0 amide bonds. The topological polar surface area (TPSA) is 67.1 Å². The third kappa shape index (κ3) is 6.91. The molecule has 6 nitrogen and oxygen atoms in total. The largest absolute Gasteiger partial charge is 0.356 e. The molecular formula is C16H32N6. The Labute approximate surface area is 134 Å². The van der Waals surface area contributed by atoms with E-state index in [9.17, 15) is 0 Å². The maximum Gasteiger partial charge on any atom is 0.191 e. The Morgan fingerprint density at radius 3 is 2.41 bits per heavy atom. The van der Waals surface area contributed by atoms with Gasteiger partial charge in [0.25, 0.3) is 0 Å². The van der Waals surface area contributed by atoms with Gasteiger partial charge in [-0.2, -0.15) is 0 Å². The molecule has 0 radical (unpaired) electrons. The van der Waals surface area contributed by atoms with Crippen molar-refractivity contribution in [2.75, 3.05) is 13.1 Å². The van der Waals surface area contributed by atoms with Crippen LogP contribution >= 0.6 is 0 Å². The van der Waals surface area contributed by atoms with Gasteiger partial charge in [0.05, 0.1) is 0 Å². The zero-order chi connectivity index (χ0) is 16.4. The first-order valence-corrected chi connectivity index (χ1v) is 8.41. The minimum absolute atomic E-state index is 0.545. The van der Waals surface area contributed by atoms with Crippen LogP contribution in [0.2, 0.25) is 0 Å². The first-order valence-electron chi connectivity index (χ1n) is 8.41. The summed E-state index contributed by atoms with van der Waals surface area (Å²) in [5, 5.41) is 15.0. The van der Waals surface area contributed by atoms with Gasteiger partial charge in [-0.25, -0.2) is 4.99 Å². The van der Waals surface area contributed by atoms with Gasteiger partial charge in [-0.1, -0.05) is 27.2 Å². The molecular weight excluding hydrogens is 276 g/mol. The van der Waals surface area contributed by atoms with E-state index in [1.165, 1.54) is 12.8 Å². The van der Waals surface area contributed by atoms with Crippen molar-refractivity contribution in [3.63, 3.8) is 0 Å². The summed E-state index contributed by atoms with van der Waals surface area (Å²) in [5.74, 6) is 3.42. The molecule has 1 aromatic rings. The van der Waals surface area contributed by atoms with Crippen molar-refractivity contribution in [2.24, 2.45) is 18.0 Å². The van der Waals surface area contributed by atoms with Crippen LogP contribution in [0, 0.1) is 12.8 Å². The highest BCUT2D eigenvalue weighted by molar-refractivity contribution is 5.79. The Hall–Kier alpha value is -1.59. The number of guanidine groups is 1. The molecule has 0 spiro atoms. The fourth-order valence-corrected chi connectivity index (χ4v) is 2.01. The lowest BCUT2D eigenvalue weighted by molar-refractivity contribution is 0.548. The lowest BCUT2D eigenvalue weighted by Crippen LogP contribution is -2.38. The van der Waals surface area contributed by atoms with Crippen LogP contribution in [0.25, 0.3) is 0 Å². The molecule has 0 aromatic carbocycles. The van der Waals surface area contributed by atoms with Gasteiger partial charge in [0.1, 0.15) is 12.4 Å². The van der Waals surface area contributed by atoms with Crippen LogP contribution in [-0.4, -0.2) is 33.8 Å². The number of rotatable bonds is 9. The van der Waals surface area contributed by atoms with E-state index in [1.807, 2.05) is 18.5 Å². The second-order valence-electron chi connectivity index (χ2n) is 6.13. The summed E-state index contributed by atoms with van der Waals surface area (Å²) < 4.78 is 1.98. The van der Waals surface area contributed by atoms with Crippen molar-refractivity contribution in [3.05, 3.63) is 11.6 Å². The van der Waals surface area contributed by atoms with Crippen molar-refractivity contribution in [1.82, 2.24) is 25.4 Å².